The molecule has 128 valence electrons. The van der Waals surface area contributed by atoms with Crippen LogP contribution in [-0.2, 0) is 4.74 Å². The second kappa shape index (κ2) is 11.7. The van der Waals surface area contributed by atoms with Crippen molar-refractivity contribution in [1.29, 1.82) is 0 Å². The van der Waals surface area contributed by atoms with Gasteiger partial charge in [-0.25, -0.2) is 0 Å². The summed E-state index contributed by atoms with van der Waals surface area (Å²) in [6, 6.07) is 5.66. The van der Waals surface area contributed by atoms with Crippen molar-refractivity contribution >= 4 is 23.5 Å². The first kappa shape index (κ1) is 19.2. The van der Waals surface area contributed by atoms with E-state index >= 15 is 0 Å². The first-order valence-electron chi connectivity index (χ1n) is 7.58. The first-order chi connectivity index (χ1) is 11.2. The number of hydrogen-bond acceptors (Lipinski definition) is 5. The van der Waals surface area contributed by atoms with E-state index in [1.54, 1.807) is 20.4 Å². The molecule has 0 aromatic heterocycles. The summed E-state index contributed by atoms with van der Waals surface area (Å²) in [5.41, 5.74) is 3.63. The van der Waals surface area contributed by atoms with Crippen LogP contribution in [-0.4, -0.2) is 45.3 Å². The molecule has 0 fully saturated rings. The van der Waals surface area contributed by atoms with Crippen molar-refractivity contribution in [3.05, 3.63) is 23.8 Å². The largest absolute Gasteiger partial charge is 0.493 e. The fraction of sp³-hybridized carbons (Fsp3) is 0.500. The minimum absolute atomic E-state index is 0.449. The van der Waals surface area contributed by atoms with Crippen LogP contribution in [0.15, 0.2) is 23.3 Å². The highest BCUT2D eigenvalue weighted by Gasteiger charge is 2.04. The Morgan fingerprint density at radius 3 is 2.78 bits per heavy atom. The summed E-state index contributed by atoms with van der Waals surface area (Å²) >= 11 is 5.08. The Balaban J connectivity index is 2.53. The molecule has 0 amide bonds. The van der Waals surface area contributed by atoms with Gasteiger partial charge >= 0.3 is 0 Å². The summed E-state index contributed by atoms with van der Waals surface area (Å²) in [7, 11) is 3.26. The summed E-state index contributed by atoms with van der Waals surface area (Å²) in [4.78, 5) is 0. The van der Waals surface area contributed by atoms with Crippen molar-refractivity contribution in [3.8, 4) is 11.5 Å². The van der Waals surface area contributed by atoms with Gasteiger partial charge in [-0.05, 0) is 42.4 Å². The normalized spacial score (nSPS) is 10.6. The van der Waals surface area contributed by atoms with Gasteiger partial charge in [0.05, 0.1) is 26.5 Å². The number of thiocarbonyl (C=S) groups is 1. The molecule has 0 saturated carbocycles. The van der Waals surface area contributed by atoms with E-state index in [1.807, 2.05) is 18.2 Å². The highest BCUT2D eigenvalue weighted by molar-refractivity contribution is 7.80. The second-order valence-corrected chi connectivity index (χ2v) is 5.14. The molecule has 0 unspecified atom stereocenters. The van der Waals surface area contributed by atoms with Crippen molar-refractivity contribution < 1.29 is 14.2 Å². The van der Waals surface area contributed by atoms with Crippen molar-refractivity contribution in [2.24, 2.45) is 5.10 Å². The minimum atomic E-state index is 0.449. The zero-order chi connectivity index (χ0) is 16.9. The molecule has 6 nitrogen and oxygen atoms in total. The average Bonchev–Trinajstić information content (AvgIpc) is 2.56. The van der Waals surface area contributed by atoms with Gasteiger partial charge in [-0.15, -0.1) is 0 Å². The molecule has 0 spiro atoms. The van der Waals surface area contributed by atoms with E-state index < -0.39 is 0 Å². The second-order valence-electron chi connectivity index (χ2n) is 4.73. The van der Waals surface area contributed by atoms with Crippen LogP contribution in [0.2, 0.25) is 0 Å². The van der Waals surface area contributed by atoms with E-state index in [0.717, 1.165) is 24.2 Å². The van der Waals surface area contributed by atoms with Gasteiger partial charge in [-0.1, -0.05) is 13.3 Å². The molecular formula is C16H25N3O3S. The number of benzene rings is 1. The van der Waals surface area contributed by atoms with Gasteiger partial charge < -0.3 is 19.5 Å². The molecule has 1 rings (SSSR count). The van der Waals surface area contributed by atoms with Crippen molar-refractivity contribution in [2.45, 2.75) is 19.8 Å². The highest BCUT2D eigenvalue weighted by Crippen LogP contribution is 2.27. The van der Waals surface area contributed by atoms with E-state index in [4.69, 9.17) is 26.4 Å². The summed E-state index contributed by atoms with van der Waals surface area (Å²) in [6.45, 7) is 4.03. The van der Waals surface area contributed by atoms with E-state index in [1.165, 1.54) is 0 Å². The molecule has 0 heterocycles. The van der Waals surface area contributed by atoms with Gasteiger partial charge in [-0.3, -0.25) is 5.43 Å². The van der Waals surface area contributed by atoms with Crippen molar-refractivity contribution in [1.82, 2.24) is 10.7 Å². The Bertz CT molecular complexity index is 509. The molecule has 1 aromatic rings. The lowest BCUT2D eigenvalue weighted by Gasteiger charge is -2.11. The lowest BCUT2D eigenvalue weighted by Crippen LogP contribution is -2.34. The van der Waals surface area contributed by atoms with E-state index in [9.17, 15) is 0 Å². The van der Waals surface area contributed by atoms with Crippen LogP contribution in [0.1, 0.15) is 25.3 Å². The molecule has 0 atom stereocenters. The predicted molar refractivity (Wildman–Crippen MR) is 96.6 cm³/mol. The monoisotopic (exact) mass is 339 g/mol. The molecule has 0 bridgehead atoms. The molecule has 0 radical (unpaired) electrons. The standard InChI is InChI=1S/C16H25N3O3S/c1-4-5-9-22-14-7-6-13(11-15(14)21-3)12-18-19-16(23)17-8-10-20-2/h6-7,11-12H,4-5,8-10H2,1-3H3,(H2,17,19,23)/b18-12+. The molecule has 0 aliphatic heterocycles. The maximum atomic E-state index is 5.69. The van der Waals surface area contributed by atoms with Gasteiger partial charge in [0, 0.05) is 13.7 Å². The number of hydrogen-bond donors (Lipinski definition) is 2. The minimum Gasteiger partial charge on any atom is -0.493 e. The number of rotatable bonds is 10. The fourth-order valence-corrected chi connectivity index (χ4v) is 1.84. The molecule has 7 heteroatoms. The molecule has 2 N–H and O–H groups in total. The van der Waals surface area contributed by atoms with Crippen LogP contribution >= 0.6 is 12.2 Å². The van der Waals surface area contributed by atoms with E-state index in [-0.39, 0.29) is 0 Å². The molecule has 0 aliphatic rings. The Hall–Kier alpha value is -1.86. The molecule has 0 saturated heterocycles. The van der Waals surface area contributed by atoms with Crippen LogP contribution in [0.25, 0.3) is 0 Å². The van der Waals surface area contributed by atoms with Crippen LogP contribution < -0.4 is 20.2 Å². The van der Waals surface area contributed by atoms with Gasteiger partial charge in [-0.2, -0.15) is 5.10 Å². The summed E-state index contributed by atoms with van der Waals surface area (Å²) in [5, 5.41) is 7.50. The number of methoxy groups -OCH3 is 2. The van der Waals surface area contributed by atoms with E-state index in [0.29, 0.717) is 30.6 Å². The SMILES string of the molecule is CCCCOc1ccc(/C=N/NC(=S)NCCOC)cc1OC. The Labute approximate surface area is 143 Å². The molecule has 23 heavy (non-hydrogen) atoms. The van der Waals surface area contributed by atoms with Crippen LogP contribution in [0.5, 0.6) is 11.5 Å². The quantitative estimate of drug-likeness (QED) is 0.295. The van der Waals surface area contributed by atoms with Gasteiger partial charge in [0.2, 0.25) is 0 Å². The molecule has 1 aromatic carbocycles. The van der Waals surface area contributed by atoms with Crippen LogP contribution in [0.4, 0.5) is 0 Å². The number of hydrazone groups is 1. The van der Waals surface area contributed by atoms with Crippen molar-refractivity contribution in [2.75, 3.05) is 34.0 Å². The van der Waals surface area contributed by atoms with Crippen molar-refractivity contribution in [3.63, 3.8) is 0 Å². The maximum Gasteiger partial charge on any atom is 0.187 e. The number of ether oxygens (including phenoxy) is 3. The Kier molecular flexibility index (Phi) is 9.74. The third-order valence-corrected chi connectivity index (χ3v) is 3.15. The average molecular weight is 339 g/mol. The fourth-order valence-electron chi connectivity index (χ4n) is 1.68. The smallest absolute Gasteiger partial charge is 0.187 e. The highest BCUT2D eigenvalue weighted by atomic mass is 32.1. The number of nitrogens with one attached hydrogen (secondary N) is 2. The summed E-state index contributed by atoms with van der Waals surface area (Å²) < 4.78 is 16.0. The first-order valence-corrected chi connectivity index (χ1v) is 7.98. The zero-order valence-corrected chi connectivity index (χ0v) is 14.7. The van der Waals surface area contributed by atoms with Gasteiger partial charge in [0.1, 0.15) is 0 Å². The van der Waals surface area contributed by atoms with Gasteiger partial charge in [0.15, 0.2) is 16.6 Å². The van der Waals surface area contributed by atoms with Crippen LogP contribution in [0.3, 0.4) is 0 Å². The Morgan fingerprint density at radius 2 is 2.09 bits per heavy atom. The molecular weight excluding hydrogens is 314 g/mol. The predicted octanol–water partition coefficient (Wildman–Crippen LogP) is 2.32. The lowest BCUT2D eigenvalue weighted by molar-refractivity contribution is 0.204. The van der Waals surface area contributed by atoms with E-state index in [2.05, 4.69) is 22.8 Å². The topological polar surface area (TPSA) is 64.1 Å². The third kappa shape index (κ3) is 7.80. The lowest BCUT2D eigenvalue weighted by atomic mass is 10.2. The summed E-state index contributed by atoms with van der Waals surface area (Å²) in [6.07, 6.45) is 3.78. The summed E-state index contributed by atoms with van der Waals surface area (Å²) in [5.74, 6) is 1.42. The number of unbranched alkanes of at least 4 members (excludes halogenated alkanes) is 1. The third-order valence-electron chi connectivity index (χ3n) is 2.91. The number of nitrogens with zero attached hydrogens (tertiary/aromatic N) is 1. The Morgan fingerprint density at radius 1 is 1.26 bits per heavy atom. The maximum absolute atomic E-state index is 5.69. The van der Waals surface area contributed by atoms with Crippen LogP contribution in [0, 0.1) is 0 Å². The zero-order valence-electron chi connectivity index (χ0n) is 13.9. The molecule has 0 aliphatic carbocycles. The van der Waals surface area contributed by atoms with Gasteiger partial charge in [0.25, 0.3) is 0 Å².